The number of methoxy groups -OCH3 is 1. The van der Waals surface area contributed by atoms with Crippen molar-refractivity contribution in [1.29, 1.82) is 0 Å². The highest BCUT2D eigenvalue weighted by atomic mass is 19.4. The van der Waals surface area contributed by atoms with Crippen LogP contribution in [0.2, 0.25) is 0 Å². The van der Waals surface area contributed by atoms with Crippen molar-refractivity contribution in [3.05, 3.63) is 82.1 Å². The van der Waals surface area contributed by atoms with E-state index in [1.807, 2.05) is 0 Å². The zero-order valence-electron chi connectivity index (χ0n) is 18.5. The number of nitrogens with zero attached hydrogens (tertiary/aromatic N) is 3. The summed E-state index contributed by atoms with van der Waals surface area (Å²) >= 11 is 0. The third-order valence-corrected chi connectivity index (χ3v) is 5.20. The van der Waals surface area contributed by atoms with E-state index in [9.17, 15) is 22.8 Å². The molecule has 180 valence electrons. The molecule has 0 unspecified atom stereocenters. The van der Waals surface area contributed by atoms with Gasteiger partial charge in [-0.3, -0.25) is 14.2 Å². The van der Waals surface area contributed by atoms with Crippen LogP contribution in [-0.4, -0.2) is 27.6 Å². The molecule has 11 heteroatoms. The fourth-order valence-corrected chi connectivity index (χ4v) is 3.51. The number of carbonyl (C=O) groups is 1. The molecule has 2 aromatic carbocycles. The smallest absolute Gasteiger partial charge is 0.416 e. The van der Waals surface area contributed by atoms with Gasteiger partial charge in [0.15, 0.2) is 5.65 Å². The quantitative estimate of drug-likeness (QED) is 0.416. The van der Waals surface area contributed by atoms with Gasteiger partial charge in [-0.25, -0.2) is 9.97 Å². The van der Waals surface area contributed by atoms with E-state index in [1.54, 1.807) is 42.5 Å². The number of hydrogen-bond acceptors (Lipinski definition) is 6. The molecule has 0 aliphatic rings. The van der Waals surface area contributed by atoms with Crippen LogP contribution < -0.4 is 21.3 Å². The molecular weight excluding hydrogens is 463 g/mol. The maximum atomic E-state index is 13.2. The summed E-state index contributed by atoms with van der Waals surface area (Å²) in [6, 6.07) is 14.8. The largest absolute Gasteiger partial charge is 0.497 e. The van der Waals surface area contributed by atoms with Gasteiger partial charge in [-0.05, 0) is 54.1 Å². The number of fused-ring (bicyclic) bond motifs is 1. The van der Waals surface area contributed by atoms with Crippen LogP contribution in [0.3, 0.4) is 0 Å². The number of anilines is 1. The van der Waals surface area contributed by atoms with Gasteiger partial charge in [0, 0.05) is 12.1 Å². The second-order valence-corrected chi connectivity index (χ2v) is 7.64. The van der Waals surface area contributed by atoms with E-state index in [1.165, 1.54) is 13.2 Å². The lowest BCUT2D eigenvalue weighted by Crippen LogP contribution is -2.30. The molecule has 4 rings (SSSR count). The Hall–Kier alpha value is -4.41. The minimum Gasteiger partial charge on any atom is -0.497 e. The Balaban J connectivity index is 1.71. The minimum absolute atomic E-state index is 0.0554. The number of alkyl halides is 3. The predicted molar refractivity (Wildman–Crippen MR) is 124 cm³/mol. The van der Waals surface area contributed by atoms with E-state index in [0.717, 1.165) is 16.7 Å². The van der Waals surface area contributed by atoms with Crippen molar-refractivity contribution in [2.24, 2.45) is 5.73 Å². The van der Waals surface area contributed by atoms with Crippen molar-refractivity contribution >= 4 is 22.9 Å². The van der Waals surface area contributed by atoms with Crippen LogP contribution >= 0.6 is 0 Å². The zero-order chi connectivity index (χ0) is 25.2. The number of primary amides is 1. The second-order valence-electron chi connectivity index (χ2n) is 7.64. The molecule has 3 N–H and O–H groups in total. The summed E-state index contributed by atoms with van der Waals surface area (Å²) in [4.78, 5) is 33.7. The topological polar surface area (TPSA) is 112 Å². The van der Waals surface area contributed by atoms with Crippen molar-refractivity contribution in [1.82, 2.24) is 14.5 Å². The molecule has 0 atom stereocenters. The Morgan fingerprint density at radius 3 is 2.49 bits per heavy atom. The van der Waals surface area contributed by atoms with Gasteiger partial charge < -0.3 is 15.8 Å². The fourth-order valence-electron chi connectivity index (χ4n) is 3.51. The number of amides is 1. The number of ether oxygens (including phenoxy) is 1. The van der Waals surface area contributed by atoms with E-state index >= 15 is 0 Å². The summed E-state index contributed by atoms with van der Waals surface area (Å²) in [5, 5.41) is 2.94. The van der Waals surface area contributed by atoms with Gasteiger partial charge >= 0.3 is 6.18 Å². The van der Waals surface area contributed by atoms with Crippen molar-refractivity contribution < 1.29 is 22.7 Å². The van der Waals surface area contributed by atoms with Crippen LogP contribution in [0.15, 0.2) is 65.5 Å². The van der Waals surface area contributed by atoms with Crippen LogP contribution in [0.5, 0.6) is 5.75 Å². The third kappa shape index (κ3) is 5.24. The summed E-state index contributed by atoms with van der Waals surface area (Å²) in [6.45, 7) is -0.370. The number of hydrogen-bond donors (Lipinski definition) is 2. The lowest BCUT2D eigenvalue weighted by molar-refractivity contribution is -0.137. The molecule has 2 heterocycles. The van der Waals surface area contributed by atoms with Crippen molar-refractivity contribution in [2.75, 3.05) is 12.4 Å². The van der Waals surface area contributed by atoms with E-state index in [2.05, 4.69) is 15.3 Å². The number of nitrogens with one attached hydrogen (secondary N) is 1. The molecular formula is C24H20F3N5O3. The van der Waals surface area contributed by atoms with Crippen molar-refractivity contribution in [3.8, 4) is 17.0 Å². The summed E-state index contributed by atoms with van der Waals surface area (Å²) in [6.07, 6.45) is -4.45. The molecule has 8 nitrogen and oxygen atoms in total. The summed E-state index contributed by atoms with van der Waals surface area (Å²) in [7, 11) is 1.52. The fraction of sp³-hybridized carbons (Fsp3) is 0.167. The average Bonchev–Trinajstić information content (AvgIpc) is 2.84. The molecule has 0 fully saturated rings. The molecule has 0 aliphatic carbocycles. The van der Waals surface area contributed by atoms with Gasteiger partial charge in [0.25, 0.3) is 5.56 Å². The number of nitrogens with two attached hydrogens (primary N) is 1. The van der Waals surface area contributed by atoms with Crippen molar-refractivity contribution in [3.63, 3.8) is 0 Å². The highest BCUT2D eigenvalue weighted by Gasteiger charge is 2.30. The first-order valence-corrected chi connectivity index (χ1v) is 10.4. The molecule has 0 saturated heterocycles. The van der Waals surface area contributed by atoms with E-state index < -0.39 is 29.8 Å². The van der Waals surface area contributed by atoms with Gasteiger partial charge in [-0.1, -0.05) is 12.1 Å². The third-order valence-electron chi connectivity index (χ3n) is 5.20. The number of benzene rings is 2. The highest BCUT2D eigenvalue weighted by Crippen LogP contribution is 2.29. The normalized spacial score (nSPS) is 11.4. The van der Waals surface area contributed by atoms with Crippen LogP contribution in [0.1, 0.15) is 11.1 Å². The predicted octanol–water partition coefficient (Wildman–Crippen LogP) is 3.58. The molecule has 0 spiro atoms. The standard InChI is InChI=1S/C24H20F3N5O3/c1-35-17-7-5-15(6-8-17)21-23(34)32(13-19(28)33)22-18(30-21)9-10-20(31-22)29-12-14-3-2-4-16(11-14)24(25,26)27/h2-11H,12-13H2,1H3,(H2,28,33)(H,29,31). The van der Waals surface area contributed by atoms with Crippen molar-refractivity contribution in [2.45, 2.75) is 19.3 Å². The maximum Gasteiger partial charge on any atom is 0.416 e. The first-order valence-electron chi connectivity index (χ1n) is 10.4. The number of rotatable bonds is 7. The molecule has 4 aromatic rings. The second kappa shape index (κ2) is 9.45. The number of halogens is 3. The van der Waals surface area contributed by atoms with E-state index in [-0.39, 0.29) is 23.7 Å². The Morgan fingerprint density at radius 2 is 1.83 bits per heavy atom. The highest BCUT2D eigenvalue weighted by molar-refractivity contribution is 5.80. The minimum atomic E-state index is -4.45. The molecule has 1 amide bonds. The Bertz CT molecular complexity index is 1450. The number of carbonyl (C=O) groups excluding carboxylic acids is 1. The Labute approximate surface area is 197 Å². The molecule has 2 aromatic heterocycles. The molecule has 35 heavy (non-hydrogen) atoms. The summed E-state index contributed by atoms with van der Waals surface area (Å²) in [5.41, 5.74) is 5.50. The SMILES string of the molecule is COc1ccc(-c2nc3ccc(NCc4cccc(C(F)(F)F)c4)nc3n(CC(N)=O)c2=O)cc1. The van der Waals surface area contributed by atoms with Crippen LogP contribution in [0, 0.1) is 0 Å². The van der Waals surface area contributed by atoms with Gasteiger partial charge in [-0.2, -0.15) is 13.2 Å². The molecule has 0 aliphatic heterocycles. The Kier molecular flexibility index (Phi) is 6.41. The van der Waals surface area contributed by atoms with E-state index in [0.29, 0.717) is 22.4 Å². The van der Waals surface area contributed by atoms with Gasteiger partial charge in [0.2, 0.25) is 5.91 Å². The zero-order valence-corrected chi connectivity index (χ0v) is 18.5. The summed E-state index contributed by atoms with van der Waals surface area (Å²) in [5.74, 6) is 0.140. The number of aromatic nitrogens is 3. The summed E-state index contributed by atoms with van der Waals surface area (Å²) < 4.78 is 45.2. The lowest BCUT2D eigenvalue weighted by atomic mass is 10.1. The van der Waals surface area contributed by atoms with Gasteiger partial charge in [-0.15, -0.1) is 0 Å². The van der Waals surface area contributed by atoms with Crippen LogP contribution in [0.4, 0.5) is 19.0 Å². The molecule has 0 radical (unpaired) electrons. The first-order chi connectivity index (χ1) is 16.7. The average molecular weight is 483 g/mol. The first kappa shape index (κ1) is 23.7. The van der Waals surface area contributed by atoms with E-state index in [4.69, 9.17) is 10.5 Å². The van der Waals surface area contributed by atoms with Crippen LogP contribution in [0.25, 0.3) is 22.4 Å². The Morgan fingerprint density at radius 1 is 1.09 bits per heavy atom. The monoisotopic (exact) mass is 483 g/mol. The van der Waals surface area contributed by atoms with Gasteiger partial charge in [0.1, 0.15) is 29.3 Å². The maximum absolute atomic E-state index is 13.2. The molecule has 0 saturated carbocycles. The van der Waals surface area contributed by atoms with Gasteiger partial charge in [0.05, 0.1) is 12.7 Å². The van der Waals surface area contributed by atoms with Crippen LogP contribution in [-0.2, 0) is 24.1 Å². The lowest BCUT2D eigenvalue weighted by Gasteiger charge is -2.13. The number of pyridine rings is 1. The molecule has 0 bridgehead atoms.